The van der Waals surface area contributed by atoms with Crippen LogP contribution in [0.4, 0.5) is 0 Å². The molecule has 0 aliphatic rings. The minimum Gasteiger partial charge on any atom is -0.330 e. The van der Waals surface area contributed by atoms with E-state index in [9.17, 15) is 0 Å². The summed E-state index contributed by atoms with van der Waals surface area (Å²) in [6, 6.07) is 0. The number of allylic oxidation sites excluding steroid dienone is 2. The molecular formula is C18H37CuN. The molecule has 0 atom stereocenters. The van der Waals surface area contributed by atoms with Crippen LogP contribution in [0.5, 0.6) is 0 Å². The average Bonchev–Trinajstić information content (AvgIpc) is 2.43. The van der Waals surface area contributed by atoms with Gasteiger partial charge < -0.3 is 5.73 Å². The number of unbranched alkanes of at least 4 members (excludes halogenated alkanes) is 12. The van der Waals surface area contributed by atoms with Gasteiger partial charge >= 0.3 is 0 Å². The first-order chi connectivity index (χ1) is 9.41. The Morgan fingerprint density at radius 1 is 0.600 bits per heavy atom. The summed E-state index contributed by atoms with van der Waals surface area (Å²) in [7, 11) is 0. The molecule has 0 saturated carbocycles. The van der Waals surface area contributed by atoms with Gasteiger partial charge in [-0.05, 0) is 38.6 Å². The van der Waals surface area contributed by atoms with Gasteiger partial charge in [0.15, 0.2) is 0 Å². The molecule has 0 amide bonds. The SMILES string of the molecule is CCCCCCCC/C=C\CCCCCCCCN.[Cu]. The Morgan fingerprint density at radius 3 is 1.45 bits per heavy atom. The number of hydrogen-bond donors (Lipinski definition) is 1. The fourth-order valence-corrected chi connectivity index (χ4v) is 2.39. The van der Waals surface area contributed by atoms with Gasteiger partial charge in [0.2, 0.25) is 0 Å². The predicted octanol–water partition coefficient (Wildman–Crippen LogP) is 5.98. The van der Waals surface area contributed by atoms with Crippen LogP contribution in [0.25, 0.3) is 0 Å². The Balaban J connectivity index is 0. The van der Waals surface area contributed by atoms with Crippen molar-refractivity contribution < 1.29 is 17.1 Å². The summed E-state index contributed by atoms with van der Waals surface area (Å²) >= 11 is 0. The van der Waals surface area contributed by atoms with Gasteiger partial charge in [0.1, 0.15) is 0 Å². The molecule has 0 fully saturated rings. The van der Waals surface area contributed by atoms with E-state index in [1.807, 2.05) is 0 Å². The van der Waals surface area contributed by atoms with Crippen LogP contribution in [-0.4, -0.2) is 6.54 Å². The zero-order valence-electron chi connectivity index (χ0n) is 13.6. The summed E-state index contributed by atoms with van der Waals surface area (Å²) in [5.41, 5.74) is 5.47. The van der Waals surface area contributed by atoms with E-state index in [0.29, 0.717) is 0 Å². The van der Waals surface area contributed by atoms with E-state index < -0.39 is 0 Å². The molecule has 2 heteroatoms. The first kappa shape index (κ1) is 22.5. The third-order valence-electron chi connectivity index (χ3n) is 3.72. The predicted molar refractivity (Wildman–Crippen MR) is 88.5 cm³/mol. The fraction of sp³-hybridized carbons (Fsp3) is 0.889. The van der Waals surface area contributed by atoms with Gasteiger partial charge in [0.25, 0.3) is 0 Å². The van der Waals surface area contributed by atoms with Crippen molar-refractivity contribution in [3.8, 4) is 0 Å². The van der Waals surface area contributed by atoms with Crippen LogP contribution >= 0.6 is 0 Å². The van der Waals surface area contributed by atoms with E-state index in [1.165, 1.54) is 89.9 Å². The van der Waals surface area contributed by atoms with E-state index in [-0.39, 0.29) is 17.1 Å². The number of nitrogens with two attached hydrogens (primary N) is 1. The quantitative estimate of drug-likeness (QED) is 0.223. The third-order valence-corrected chi connectivity index (χ3v) is 3.72. The van der Waals surface area contributed by atoms with Crippen molar-refractivity contribution in [3.05, 3.63) is 12.2 Å². The maximum absolute atomic E-state index is 5.47. The molecule has 0 heterocycles. The number of hydrogen-bond acceptors (Lipinski definition) is 1. The van der Waals surface area contributed by atoms with Crippen LogP contribution in [0.2, 0.25) is 0 Å². The Labute approximate surface area is 138 Å². The van der Waals surface area contributed by atoms with E-state index in [1.54, 1.807) is 0 Å². The standard InChI is InChI=1S/C18H37N.Cu/c1-2-3-4-5-6-7-8-9-10-11-12-13-14-15-16-17-18-19;/h9-10H,2-8,11-19H2,1H3;/b10-9-;. The maximum atomic E-state index is 5.47. The normalized spacial score (nSPS) is 10.9. The zero-order valence-corrected chi connectivity index (χ0v) is 14.6. The van der Waals surface area contributed by atoms with Gasteiger partial charge in [-0.3, -0.25) is 0 Å². The van der Waals surface area contributed by atoms with E-state index in [4.69, 9.17) is 5.73 Å². The molecule has 1 nitrogen and oxygen atoms in total. The summed E-state index contributed by atoms with van der Waals surface area (Å²) in [4.78, 5) is 0. The van der Waals surface area contributed by atoms with Gasteiger partial charge in [-0.15, -0.1) is 0 Å². The van der Waals surface area contributed by atoms with Crippen LogP contribution in [-0.2, 0) is 17.1 Å². The Kier molecular flexibility index (Phi) is 24.2. The van der Waals surface area contributed by atoms with Gasteiger partial charge in [-0.2, -0.15) is 0 Å². The molecule has 1 radical (unpaired) electrons. The monoisotopic (exact) mass is 330 g/mol. The van der Waals surface area contributed by atoms with Gasteiger partial charge in [0.05, 0.1) is 0 Å². The summed E-state index contributed by atoms with van der Waals surface area (Å²) in [6.07, 6.45) is 23.9. The topological polar surface area (TPSA) is 26.0 Å². The molecular weight excluding hydrogens is 294 g/mol. The molecule has 0 unspecified atom stereocenters. The van der Waals surface area contributed by atoms with Crippen molar-refractivity contribution >= 4 is 0 Å². The third kappa shape index (κ3) is 20.5. The van der Waals surface area contributed by atoms with Crippen LogP contribution in [0.3, 0.4) is 0 Å². The van der Waals surface area contributed by atoms with Crippen molar-refractivity contribution in [1.29, 1.82) is 0 Å². The summed E-state index contributed by atoms with van der Waals surface area (Å²) in [6.45, 7) is 3.14. The molecule has 0 bridgehead atoms. The first-order valence-corrected chi connectivity index (χ1v) is 8.77. The zero-order chi connectivity index (χ0) is 14.0. The smallest absolute Gasteiger partial charge is 0 e. The molecule has 0 aliphatic heterocycles. The summed E-state index contributed by atoms with van der Waals surface area (Å²) in [5.74, 6) is 0. The molecule has 20 heavy (non-hydrogen) atoms. The van der Waals surface area contributed by atoms with Crippen molar-refractivity contribution in [2.75, 3.05) is 6.54 Å². The van der Waals surface area contributed by atoms with Gasteiger partial charge in [-0.25, -0.2) is 0 Å². The fourth-order valence-electron chi connectivity index (χ4n) is 2.39. The van der Waals surface area contributed by atoms with Gasteiger partial charge in [-0.1, -0.05) is 76.9 Å². The summed E-state index contributed by atoms with van der Waals surface area (Å²) < 4.78 is 0. The molecule has 0 saturated heterocycles. The van der Waals surface area contributed by atoms with Gasteiger partial charge in [0, 0.05) is 17.1 Å². The Bertz CT molecular complexity index is 180. The maximum Gasteiger partial charge on any atom is 0 e. The Morgan fingerprint density at radius 2 is 1.00 bits per heavy atom. The average molecular weight is 331 g/mol. The molecule has 0 aromatic rings. The molecule has 0 aromatic heterocycles. The Hall–Kier alpha value is 0.219. The van der Waals surface area contributed by atoms with Crippen molar-refractivity contribution in [3.63, 3.8) is 0 Å². The second-order valence-corrected chi connectivity index (χ2v) is 5.73. The largest absolute Gasteiger partial charge is 0.330 e. The molecule has 0 rings (SSSR count). The van der Waals surface area contributed by atoms with Crippen LogP contribution in [0.1, 0.15) is 96.8 Å². The van der Waals surface area contributed by atoms with E-state index in [2.05, 4.69) is 19.1 Å². The van der Waals surface area contributed by atoms with Crippen LogP contribution < -0.4 is 5.73 Å². The van der Waals surface area contributed by atoms with Crippen molar-refractivity contribution in [1.82, 2.24) is 0 Å². The van der Waals surface area contributed by atoms with E-state index >= 15 is 0 Å². The molecule has 125 valence electrons. The van der Waals surface area contributed by atoms with Crippen LogP contribution in [0.15, 0.2) is 12.2 Å². The summed E-state index contributed by atoms with van der Waals surface area (Å²) in [5, 5.41) is 0. The second-order valence-electron chi connectivity index (χ2n) is 5.73. The van der Waals surface area contributed by atoms with Crippen molar-refractivity contribution in [2.24, 2.45) is 5.73 Å². The first-order valence-electron chi connectivity index (χ1n) is 8.77. The number of rotatable bonds is 15. The molecule has 0 aromatic carbocycles. The minimum absolute atomic E-state index is 0. The van der Waals surface area contributed by atoms with E-state index in [0.717, 1.165) is 6.54 Å². The second kappa shape index (κ2) is 21.5. The van der Waals surface area contributed by atoms with Crippen LogP contribution in [0, 0.1) is 0 Å². The molecule has 2 N–H and O–H groups in total. The minimum atomic E-state index is 0. The molecule has 0 spiro atoms. The molecule has 0 aliphatic carbocycles. The van der Waals surface area contributed by atoms with Crippen molar-refractivity contribution in [2.45, 2.75) is 96.8 Å².